The van der Waals surface area contributed by atoms with Crippen molar-refractivity contribution in [3.8, 4) is 5.75 Å². The van der Waals surface area contributed by atoms with E-state index in [1.54, 1.807) is 23.6 Å². The number of fused-ring (bicyclic) bond motifs is 1. The normalized spacial score (nSPS) is 20.8. The standard InChI is InChI=1S/C40H61N5O7S/c1-8-17-45(39(49)35(25(6)10-3)44-36(47)31-13-11-12-16-41-31)33(24(4)5)22-34(52-18-9-2)38-43-32(23-53-38)37(48)42-27-19-26-14-15-28(46)21-29(26)30(20-27)40(50)51-7/h14-15,21,23-25,27,30-31,33-35,41,46H,8-13,16-20,22H2,1-7H3,(H,42,48)(H,44,47)/t25-,27-,30+,31+,33+,34+,35-/m0/s1. The zero-order valence-corrected chi connectivity index (χ0v) is 33.4. The molecule has 1 aliphatic heterocycles. The second kappa shape index (κ2) is 20.2. The maximum atomic E-state index is 14.5. The molecule has 1 fully saturated rings. The number of carbonyl (C=O) groups excluding carboxylic acids is 4. The van der Waals surface area contributed by atoms with Crippen LogP contribution in [0.25, 0.3) is 0 Å². The highest BCUT2D eigenvalue weighted by molar-refractivity contribution is 7.09. The van der Waals surface area contributed by atoms with Crippen LogP contribution in [0.4, 0.5) is 0 Å². The maximum absolute atomic E-state index is 14.5. The van der Waals surface area contributed by atoms with E-state index in [4.69, 9.17) is 14.5 Å². The number of piperidine rings is 1. The number of rotatable bonds is 18. The third-order valence-corrected chi connectivity index (χ3v) is 11.6. The number of amides is 3. The molecule has 1 aliphatic carbocycles. The van der Waals surface area contributed by atoms with Gasteiger partial charge in [-0.25, -0.2) is 4.98 Å². The number of nitrogens with zero attached hydrogens (tertiary/aromatic N) is 2. The molecule has 1 aromatic heterocycles. The van der Waals surface area contributed by atoms with E-state index in [1.807, 2.05) is 25.7 Å². The van der Waals surface area contributed by atoms with Gasteiger partial charge in [-0.15, -0.1) is 11.3 Å². The molecule has 0 bridgehead atoms. The van der Waals surface area contributed by atoms with E-state index < -0.39 is 24.0 Å². The number of methoxy groups -OCH3 is 1. The molecule has 2 heterocycles. The number of esters is 1. The predicted molar refractivity (Wildman–Crippen MR) is 206 cm³/mol. The second-order valence-corrected chi connectivity index (χ2v) is 15.8. The first-order valence-electron chi connectivity index (χ1n) is 19.5. The van der Waals surface area contributed by atoms with Crippen LogP contribution in [0.5, 0.6) is 5.75 Å². The molecule has 2 aromatic rings. The van der Waals surface area contributed by atoms with E-state index in [1.165, 1.54) is 18.4 Å². The highest BCUT2D eigenvalue weighted by Gasteiger charge is 2.38. The van der Waals surface area contributed by atoms with Gasteiger partial charge in [-0.2, -0.15) is 0 Å². The number of thiazole rings is 1. The molecule has 7 atom stereocenters. The average Bonchev–Trinajstić information content (AvgIpc) is 3.66. The van der Waals surface area contributed by atoms with Crippen LogP contribution < -0.4 is 16.0 Å². The Bertz CT molecular complexity index is 1530. The number of benzene rings is 1. The highest BCUT2D eigenvalue weighted by Crippen LogP contribution is 2.36. The Morgan fingerprint density at radius 3 is 2.53 bits per heavy atom. The van der Waals surface area contributed by atoms with Crippen LogP contribution in [0.1, 0.15) is 132 Å². The third kappa shape index (κ3) is 11.0. The van der Waals surface area contributed by atoms with Gasteiger partial charge in [0.25, 0.3) is 5.91 Å². The monoisotopic (exact) mass is 755 g/mol. The van der Waals surface area contributed by atoms with Crippen LogP contribution >= 0.6 is 11.3 Å². The van der Waals surface area contributed by atoms with Crippen molar-refractivity contribution in [2.75, 3.05) is 26.8 Å². The lowest BCUT2D eigenvalue weighted by molar-refractivity contribution is -0.143. The topological polar surface area (TPSA) is 159 Å². The molecule has 0 radical (unpaired) electrons. The van der Waals surface area contributed by atoms with Gasteiger partial charge in [-0.1, -0.05) is 60.5 Å². The number of aromatic hydroxyl groups is 1. The lowest BCUT2D eigenvalue weighted by atomic mass is 9.80. The minimum absolute atomic E-state index is 0.0536. The Hall–Kier alpha value is -3.55. The number of phenols is 1. The summed E-state index contributed by atoms with van der Waals surface area (Å²) >= 11 is 1.36. The molecule has 0 spiro atoms. The number of carbonyl (C=O) groups is 4. The minimum atomic E-state index is -0.648. The molecule has 3 amide bonds. The molecule has 4 rings (SSSR count). The molecule has 12 nitrogen and oxygen atoms in total. The minimum Gasteiger partial charge on any atom is -0.508 e. The molecule has 294 valence electrons. The number of hydrogen-bond acceptors (Lipinski definition) is 10. The Morgan fingerprint density at radius 2 is 1.89 bits per heavy atom. The molecule has 1 aromatic carbocycles. The Balaban J connectivity index is 1.53. The third-order valence-electron chi connectivity index (χ3n) is 10.6. The second-order valence-electron chi connectivity index (χ2n) is 15.0. The zero-order valence-electron chi connectivity index (χ0n) is 32.6. The van der Waals surface area contributed by atoms with Crippen molar-refractivity contribution in [1.29, 1.82) is 0 Å². The van der Waals surface area contributed by atoms with Gasteiger partial charge >= 0.3 is 5.97 Å². The summed E-state index contributed by atoms with van der Waals surface area (Å²) in [7, 11) is 1.33. The highest BCUT2D eigenvalue weighted by atomic mass is 32.1. The lowest BCUT2D eigenvalue weighted by Gasteiger charge is -2.39. The molecule has 13 heteroatoms. The summed E-state index contributed by atoms with van der Waals surface area (Å²) in [5.74, 6) is -1.47. The van der Waals surface area contributed by atoms with Gasteiger partial charge in [-0.05, 0) is 80.2 Å². The molecule has 0 unspecified atom stereocenters. The fraction of sp³-hybridized carbons (Fsp3) is 0.675. The smallest absolute Gasteiger partial charge is 0.313 e. The van der Waals surface area contributed by atoms with Gasteiger partial charge in [0.15, 0.2) is 0 Å². The first kappa shape index (κ1) is 42.2. The number of aromatic nitrogens is 1. The van der Waals surface area contributed by atoms with Crippen LogP contribution in [0.15, 0.2) is 23.6 Å². The summed E-state index contributed by atoms with van der Waals surface area (Å²) in [6.45, 7) is 14.2. The Kier molecular flexibility index (Phi) is 16.1. The van der Waals surface area contributed by atoms with E-state index in [0.717, 1.165) is 50.6 Å². The number of hydrogen-bond donors (Lipinski definition) is 4. The van der Waals surface area contributed by atoms with Crippen LogP contribution in [0, 0.1) is 11.8 Å². The molecular formula is C40H61N5O7S. The van der Waals surface area contributed by atoms with Crippen molar-refractivity contribution in [2.24, 2.45) is 11.8 Å². The van der Waals surface area contributed by atoms with Crippen LogP contribution in [0.3, 0.4) is 0 Å². The van der Waals surface area contributed by atoms with Gasteiger partial charge in [-0.3, -0.25) is 19.2 Å². The van der Waals surface area contributed by atoms with Crippen LogP contribution in [-0.2, 0) is 30.3 Å². The fourth-order valence-electron chi connectivity index (χ4n) is 7.48. The number of ether oxygens (including phenoxy) is 2. The first-order valence-corrected chi connectivity index (χ1v) is 20.4. The predicted octanol–water partition coefficient (Wildman–Crippen LogP) is 5.64. The molecule has 0 saturated carbocycles. The molecule has 4 N–H and O–H groups in total. The maximum Gasteiger partial charge on any atom is 0.313 e. The van der Waals surface area contributed by atoms with Crippen LogP contribution in [0.2, 0.25) is 0 Å². The average molecular weight is 756 g/mol. The number of nitrogens with one attached hydrogen (secondary N) is 3. The fourth-order valence-corrected chi connectivity index (χ4v) is 8.34. The summed E-state index contributed by atoms with van der Waals surface area (Å²) in [4.78, 5) is 60.9. The van der Waals surface area contributed by atoms with Gasteiger partial charge in [0, 0.05) is 37.0 Å². The molecular weight excluding hydrogens is 695 g/mol. The van der Waals surface area contributed by atoms with Crippen molar-refractivity contribution in [3.05, 3.63) is 45.4 Å². The van der Waals surface area contributed by atoms with Gasteiger partial charge in [0.1, 0.15) is 28.6 Å². The summed E-state index contributed by atoms with van der Waals surface area (Å²) in [5.41, 5.74) is 1.84. The van der Waals surface area contributed by atoms with E-state index in [2.05, 4.69) is 36.7 Å². The van der Waals surface area contributed by atoms with Crippen molar-refractivity contribution >= 4 is 35.0 Å². The van der Waals surface area contributed by atoms with Crippen molar-refractivity contribution < 1.29 is 33.8 Å². The number of phenolic OH excluding ortho intramolecular Hbond substituents is 1. The van der Waals surface area contributed by atoms with Crippen molar-refractivity contribution in [2.45, 2.75) is 136 Å². The van der Waals surface area contributed by atoms with Gasteiger partial charge < -0.3 is 35.4 Å². The first-order chi connectivity index (χ1) is 25.4. The van der Waals surface area contributed by atoms with E-state index in [9.17, 15) is 24.3 Å². The van der Waals surface area contributed by atoms with E-state index in [-0.39, 0.29) is 59.1 Å². The van der Waals surface area contributed by atoms with Crippen molar-refractivity contribution in [1.82, 2.24) is 25.8 Å². The van der Waals surface area contributed by atoms with Gasteiger partial charge in [0.2, 0.25) is 11.8 Å². The SMILES string of the molecule is CCCO[C@H](C[C@H](C(C)C)N(CCC)C(=O)[C@@H](NC(=O)[C@H]1CCCCN1)[C@@H](C)CC)c1nc(C(=O)N[C@H]2Cc3ccc(O)cc3[C@H](C(=O)OC)C2)cs1. The Morgan fingerprint density at radius 1 is 1.11 bits per heavy atom. The molecule has 1 saturated heterocycles. The lowest BCUT2D eigenvalue weighted by Crippen LogP contribution is -2.58. The summed E-state index contributed by atoms with van der Waals surface area (Å²) in [6.07, 6.45) is 5.95. The summed E-state index contributed by atoms with van der Waals surface area (Å²) < 4.78 is 11.5. The van der Waals surface area contributed by atoms with Gasteiger partial charge in [0.05, 0.1) is 19.1 Å². The Labute approximate surface area is 319 Å². The molecule has 53 heavy (non-hydrogen) atoms. The van der Waals surface area contributed by atoms with E-state index in [0.29, 0.717) is 43.0 Å². The largest absolute Gasteiger partial charge is 0.508 e. The summed E-state index contributed by atoms with van der Waals surface area (Å²) in [5, 5.41) is 22.0. The van der Waals surface area contributed by atoms with Crippen molar-refractivity contribution in [3.63, 3.8) is 0 Å². The zero-order chi connectivity index (χ0) is 38.7. The quantitative estimate of drug-likeness (QED) is 0.141. The summed E-state index contributed by atoms with van der Waals surface area (Å²) in [6, 6.07) is 3.46. The van der Waals surface area contributed by atoms with E-state index >= 15 is 0 Å². The van der Waals surface area contributed by atoms with Crippen LogP contribution in [-0.4, -0.2) is 89.7 Å². The molecule has 2 aliphatic rings.